The lowest BCUT2D eigenvalue weighted by Gasteiger charge is -1.88. The molecule has 4 heteroatoms. The van der Waals surface area contributed by atoms with Crippen LogP contribution in [0.1, 0.15) is 0 Å². The Balaban J connectivity index is 2.30. The predicted octanol–water partition coefficient (Wildman–Crippen LogP) is 0.725. The van der Waals surface area contributed by atoms with E-state index in [9.17, 15) is 0 Å². The number of hydrogen-bond acceptors (Lipinski definition) is 4. The summed E-state index contributed by atoms with van der Waals surface area (Å²) in [4.78, 5) is 3.89. The molecule has 1 rings (SSSR count). The second-order valence-electron chi connectivity index (χ2n) is 1.44. The van der Waals surface area contributed by atoms with Crippen molar-refractivity contribution in [3.63, 3.8) is 0 Å². The van der Waals surface area contributed by atoms with Gasteiger partial charge in [0.2, 0.25) is 0 Å². The average molecular weight is 144 g/mol. The van der Waals surface area contributed by atoms with Crippen LogP contribution in [-0.4, -0.2) is 17.3 Å². The third-order valence-electron chi connectivity index (χ3n) is 0.753. The first kappa shape index (κ1) is 6.64. The quantitative estimate of drug-likeness (QED) is 0.635. The van der Waals surface area contributed by atoms with Crippen molar-refractivity contribution in [2.24, 2.45) is 5.73 Å². The second kappa shape index (κ2) is 3.53. The van der Waals surface area contributed by atoms with Gasteiger partial charge >= 0.3 is 0 Å². The van der Waals surface area contributed by atoms with E-state index in [4.69, 9.17) is 10.2 Å². The molecule has 50 valence electrons. The third kappa shape index (κ3) is 2.07. The minimum absolute atomic E-state index is 0.660. The van der Waals surface area contributed by atoms with E-state index >= 15 is 0 Å². The van der Waals surface area contributed by atoms with E-state index in [1.54, 1.807) is 12.5 Å². The molecule has 0 aliphatic rings. The van der Waals surface area contributed by atoms with Gasteiger partial charge in [-0.2, -0.15) is 0 Å². The van der Waals surface area contributed by atoms with E-state index < -0.39 is 0 Å². The molecule has 1 heterocycles. The van der Waals surface area contributed by atoms with Gasteiger partial charge in [0.05, 0.1) is 6.20 Å². The summed E-state index contributed by atoms with van der Waals surface area (Å²) in [6, 6.07) is 0. The van der Waals surface area contributed by atoms with Crippen LogP contribution in [0.4, 0.5) is 0 Å². The van der Waals surface area contributed by atoms with Crippen LogP contribution in [0.3, 0.4) is 0 Å². The van der Waals surface area contributed by atoms with Gasteiger partial charge in [0.25, 0.3) is 5.22 Å². The molecule has 1 aromatic heterocycles. The van der Waals surface area contributed by atoms with Gasteiger partial charge < -0.3 is 10.2 Å². The third-order valence-corrected chi connectivity index (χ3v) is 1.64. The van der Waals surface area contributed by atoms with Gasteiger partial charge in [-0.25, -0.2) is 4.98 Å². The second-order valence-corrected chi connectivity index (χ2v) is 2.48. The first-order chi connectivity index (χ1) is 4.43. The molecule has 0 amide bonds. The van der Waals surface area contributed by atoms with Crippen molar-refractivity contribution in [1.29, 1.82) is 0 Å². The Morgan fingerprint density at radius 2 is 2.67 bits per heavy atom. The van der Waals surface area contributed by atoms with Crippen LogP contribution in [0.2, 0.25) is 0 Å². The van der Waals surface area contributed by atoms with Crippen molar-refractivity contribution >= 4 is 11.8 Å². The molecular weight excluding hydrogens is 136 g/mol. The predicted molar refractivity (Wildman–Crippen MR) is 36.3 cm³/mol. The molecule has 0 bridgehead atoms. The Labute approximate surface area is 57.6 Å². The van der Waals surface area contributed by atoms with Crippen molar-refractivity contribution in [2.75, 3.05) is 12.3 Å². The van der Waals surface area contributed by atoms with Gasteiger partial charge in [0, 0.05) is 12.3 Å². The van der Waals surface area contributed by atoms with E-state index in [-0.39, 0.29) is 0 Å². The number of aromatic nitrogens is 1. The highest BCUT2D eigenvalue weighted by Gasteiger charge is 1.93. The van der Waals surface area contributed by atoms with Gasteiger partial charge in [0.15, 0.2) is 0 Å². The highest BCUT2D eigenvalue weighted by Crippen LogP contribution is 2.12. The monoisotopic (exact) mass is 144 g/mol. The number of oxazole rings is 1. The highest BCUT2D eigenvalue weighted by atomic mass is 32.2. The summed E-state index contributed by atoms with van der Waals surface area (Å²) in [5.74, 6) is 0.862. The summed E-state index contributed by atoms with van der Waals surface area (Å²) in [6.07, 6.45) is 3.18. The lowest BCUT2D eigenvalue weighted by molar-refractivity contribution is 0.454. The number of nitrogens with two attached hydrogens (primary N) is 1. The number of nitrogens with zero attached hydrogens (tertiary/aromatic N) is 1. The van der Waals surface area contributed by atoms with Crippen LogP contribution in [0.15, 0.2) is 22.1 Å². The topological polar surface area (TPSA) is 52.0 Å². The van der Waals surface area contributed by atoms with E-state index in [2.05, 4.69) is 4.98 Å². The Morgan fingerprint density at radius 3 is 3.22 bits per heavy atom. The number of thioether (sulfide) groups is 1. The minimum Gasteiger partial charge on any atom is -0.440 e. The van der Waals surface area contributed by atoms with E-state index in [1.807, 2.05) is 0 Å². The summed E-state index contributed by atoms with van der Waals surface area (Å²) >= 11 is 1.52. The van der Waals surface area contributed by atoms with Crippen molar-refractivity contribution in [1.82, 2.24) is 4.98 Å². The van der Waals surface area contributed by atoms with Crippen molar-refractivity contribution in [3.05, 3.63) is 12.5 Å². The minimum atomic E-state index is 0.660. The summed E-state index contributed by atoms with van der Waals surface area (Å²) in [6.45, 7) is 0.660. The molecule has 9 heavy (non-hydrogen) atoms. The first-order valence-corrected chi connectivity index (χ1v) is 3.64. The SMILES string of the molecule is NCCSc1ncco1. The Hall–Kier alpha value is -0.480. The van der Waals surface area contributed by atoms with Crippen LogP contribution in [0.25, 0.3) is 0 Å². The fraction of sp³-hybridized carbons (Fsp3) is 0.400. The molecule has 0 radical (unpaired) electrons. The fourth-order valence-corrected chi connectivity index (χ4v) is 0.979. The molecule has 0 spiro atoms. The molecule has 0 fully saturated rings. The lowest BCUT2D eigenvalue weighted by atomic mass is 10.8. The largest absolute Gasteiger partial charge is 0.440 e. The fourth-order valence-electron chi connectivity index (χ4n) is 0.428. The maximum absolute atomic E-state index is 5.25. The molecule has 3 nitrogen and oxygen atoms in total. The van der Waals surface area contributed by atoms with Gasteiger partial charge in [0.1, 0.15) is 6.26 Å². The molecule has 0 saturated heterocycles. The van der Waals surface area contributed by atoms with Crippen LogP contribution in [0.5, 0.6) is 0 Å². The van der Waals surface area contributed by atoms with Crippen molar-refractivity contribution < 1.29 is 4.42 Å². The molecule has 0 unspecified atom stereocenters. The normalized spacial score (nSPS) is 9.89. The van der Waals surface area contributed by atoms with Crippen LogP contribution in [0, 0.1) is 0 Å². The highest BCUT2D eigenvalue weighted by molar-refractivity contribution is 7.99. The molecule has 1 aromatic rings. The number of hydrogen-bond donors (Lipinski definition) is 1. The zero-order valence-electron chi connectivity index (χ0n) is 4.91. The maximum Gasteiger partial charge on any atom is 0.255 e. The molecule has 0 atom stereocenters. The zero-order chi connectivity index (χ0) is 6.53. The van der Waals surface area contributed by atoms with E-state index in [0.717, 1.165) is 5.75 Å². The Bertz CT molecular complexity index is 152. The summed E-state index contributed by atoms with van der Waals surface area (Å²) in [5.41, 5.74) is 5.25. The van der Waals surface area contributed by atoms with Gasteiger partial charge in [-0.15, -0.1) is 0 Å². The van der Waals surface area contributed by atoms with Crippen molar-refractivity contribution in [2.45, 2.75) is 5.22 Å². The van der Waals surface area contributed by atoms with Crippen LogP contribution >= 0.6 is 11.8 Å². The summed E-state index contributed by atoms with van der Waals surface area (Å²) in [7, 11) is 0. The van der Waals surface area contributed by atoms with E-state index in [0.29, 0.717) is 11.8 Å². The summed E-state index contributed by atoms with van der Waals surface area (Å²) < 4.78 is 4.93. The summed E-state index contributed by atoms with van der Waals surface area (Å²) in [5, 5.41) is 0.695. The van der Waals surface area contributed by atoms with Crippen LogP contribution in [-0.2, 0) is 0 Å². The van der Waals surface area contributed by atoms with Crippen molar-refractivity contribution in [3.8, 4) is 0 Å². The number of rotatable bonds is 3. The van der Waals surface area contributed by atoms with Gasteiger partial charge in [-0.05, 0) is 0 Å². The van der Waals surface area contributed by atoms with Gasteiger partial charge in [-0.3, -0.25) is 0 Å². The Morgan fingerprint density at radius 1 is 1.78 bits per heavy atom. The van der Waals surface area contributed by atoms with Crippen LogP contribution < -0.4 is 5.73 Å². The molecule has 2 N–H and O–H groups in total. The molecule has 0 saturated carbocycles. The maximum atomic E-state index is 5.25. The average Bonchev–Trinajstić information content (AvgIpc) is 2.34. The Kier molecular flexibility index (Phi) is 2.60. The molecule has 0 aromatic carbocycles. The molecule has 0 aliphatic heterocycles. The zero-order valence-corrected chi connectivity index (χ0v) is 5.73. The molecule has 0 aliphatic carbocycles. The van der Waals surface area contributed by atoms with E-state index in [1.165, 1.54) is 11.8 Å². The standard InChI is InChI=1S/C5H8N2OS/c6-1-4-9-5-7-2-3-8-5/h2-3H,1,4,6H2. The smallest absolute Gasteiger partial charge is 0.255 e. The first-order valence-electron chi connectivity index (χ1n) is 2.66. The molecular formula is C5H8N2OS. The van der Waals surface area contributed by atoms with Gasteiger partial charge in [-0.1, -0.05) is 11.8 Å². The lowest BCUT2D eigenvalue weighted by Crippen LogP contribution is -2.00.